The highest BCUT2D eigenvalue weighted by molar-refractivity contribution is 5.81. The first-order valence-corrected chi connectivity index (χ1v) is 12.3. The number of fused-ring (bicyclic) bond motifs is 3. The molecule has 0 spiro atoms. The van der Waals surface area contributed by atoms with Crippen molar-refractivity contribution in [2.24, 2.45) is 0 Å². The number of anilines is 1. The van der Waals surface area contributed by atoms with Gasteiger partial charge in [0.05, 0.1) is 5.69 Å². The van der Waals surface area contributed by atoms with Gasteiger partial charge in [-0.15, -0.1) is 5.10 Å². The quantitative estimate of drug-likeness (QED) is 0.355. The number of nitrogens with zero attached hydrogens (tertiary/aromatic N) is 6. The zero-order valence-electron chi connectivity index (χ0n) is 19.7. The lowest BCUT2D eigenvalue weighted by molar-refractivity contribution is 0.230. The van der Waals surface area contributed by atoms with Crippen LogP contribution < -0.4 is 4.90 Å². The average Bonchev–Trinajstić information content (AvgIpc) is 3.62. The molecule has 0 amide bonds. The van der Waals surface area contributed by atoms with Crippen molar-refractivity contribution in [3.8, 4) is 22.5 Å². The Balaban J connectivity index is 1.25. The number of aromatic nitrogens is 4. The fourth-order valence-electron chi connectivity index (χ4n) is 5.72. The van der Waals surface area contributed by atoms with E-state index in [1.807, 2.05) is 28.8 Å². The SMILES string of the molecule is Fc1cccc(-c2nc3ccc(N4C[C@@H]5C[C@H]4CN5Cc4ccccc4)nn3c2-c2ccncc2)c1. The third-order valence-electron chi connectivity index (χ3n) is 7.39. The summed E-state index contributed by atoms with van der Waals surface area (Å²) in [7, 11) is 0. The summed E-state index contributed by atoms with van der Waals surface area (Å²) < 4.78 is 16.0. The van der Waals surface area contributed by atoms with Crippen LogP contribution in [0.3, 0.4) is 0 Å². The summed E-state index contributed by atoms with van der Waals surface area (Å²) in [4.78, 5) is 14.1. The highest BCUT2D eigenvalue weighted by Gasteiger charge is 2.43. The van der Waals surface area contributed by atoms with Gasteiger partial charge >= 0.3 is 0 Å². The standard InChI is InChI=1S/C29H25FN6/c30-23-8-4-7-22(15-23)28-29(21-11-13-31-14-12-21)36-26(32-28)9-10-27(33-36)35-19-24-16-25(35)18-34(24)17-20-5-2-1-3-6-20/h1-15,24-25H,16-19H2/t24-,25-/m0/s1. The number of piperazine rings is 1. The smallest absolute Gasteiger partial charge is 0.155 e. The number of hydrogen-bond acceptors (Lipinski definition) is 5. The lowest BCUT2D eigenvalue weighted by atomic mass is 10.1. The van der Waals surface area contributed by atoms with Crippen molar-refractivity contribution < 1.29 is 4.39 Å². The van der Waals surface area contributed by atoms with Crippen LogP contribution in [0, 0.1) is 5.82 Å². The van der Waals surface area contributed by atoms with Crippen molar-refractivity contribution in [2.45, 2.75) is 25.0 Å². The number of rotatable bonds is 5. The van der Waals surface area contributed by atoms with E-state index in [0.29, 0.717) is 17.8 Å². The second-order valence-electron chi connectivity index (χ2n) is 9.63. The number of pyridine rings is 1. The molecule has 7 heteroatoms. The van der Waals surface area contributed by atoms with Crippen molar-refractivity contribution in [3.63, 3.8) is 0 Å². The van der Waals surface area contributed by atoms with E-state index in [2.05, 4.69) is 51.2 Å². The minimum absolute atomic E-state index is 0.285. The fraction of sp³-hybridized carbons (Fsp3) is 0.207. The van der Waals surface area contributed by atoms with Crippen LogP contribution in [0.25, 0.3) is 28.2 Å². The molecule has 3 aromatic heterocycles. The first kappa shape index (κ1) is 21.2. The van der Waals surface area contributed by atoms with Crippen molar-refractivity contribution in [2.75, 3.05) is 18.0 Å². The molecule has 2 aromatic carbocycles. The Bertz CT molecular complexity index is 1530. The van der Waals surface area contributed by atoms with E-state index < -0.39 is 0 Å². The Hall–Kier alpha value is -4.10. The van der Waals surface area contributed by atoms with Gasteiger partial charge in [0.2, 0.25) is 0 Å². The highest BCUT2D eigenvalue weighted by atomic mass is 19.1. The van der Waals surface area contributed by atoms with Gasteiger partial charge in [-0.3, -0.25) is 9.88 Å². The zero-order chi connectivity index (χ0) is 24.1. The molecular weight excluding hydrogens is 451 g/mol. The maximum atomic E-state index is 14.1. The van der Waals surface area contributed by atoms with Crippen LogP contribution in [0.5, 0.6) is 0 Å². The normalized spacial score (nSPS) is 19.4. The molecule has 0 radical (unpaired) electrons. The molecule has 0 unspecified atom stereocenters. The van der Waals surface area contributed by atoms with Crippen LogP contribution in [0.4, 0.5) is 10.2 Å². The molecule has 2 aliphatic rings. The molecule has 5 aromatic rings. The molecule has 0 aliphatic carbocycles. The first-order chi connectivity index (χ1) is 17.7. The minimum atomic E-state index is -0.285. The van der Waals surface area contributed by atoms with Gasteiger partial charge in [-0.25, -0.2) is 13.9 Å². The second kappa shape index (κ2) is 8.53. The molecule has 178 valence electrons. The molecule has 0 N–H and O–H groups in total. The van der Waals surface area contributed by atoms with Crippen molar-refractivity contribution >= 4 is 11.5 Å². The summed E-state index contributed by atoms with van der Waals surface area (Å²) in [5.74, 6) is 0.667. The van der Waals surface area contributed by atoms with E-state index in [1.165, 1.54) is 17.7 Å². The van der Waals surface area contributed by atoms with Crippen LogP contribution in [-0.2, 0) is 6.54 Å². The van der Waals surface area contributed by atoms with Gasteiger partial charge < -0.3 is 4.90 Å². The van der Waals surface area contributed by atoms with Gasteiger partial charge in [0.15, 0.2) is 5.65 Å². The maximum Gasteiger partial charge on any atom is 0.155 e. The van der Waals surface area contributed by atoms with Crippen LogP contribution in [0.2, 0.25) is 0 Å². The Morgan fingerprint density at radius 3 is 2.47 bits per heavy atom. The van der Waals surface area contributed by atoms with Gasteiger partial charge in [-0.1, -0.05) is 42.5 Å². The van der Waals surface area contributed by atoms with E-state index >= 15 is 0 Å². The summed E-state index contributed by atoms with van der Waals surface area (Å²) in [5.41, 5.74) is 5.32. The topological polar surface area (TPSA) is 49.6 Å². The minimum Gasteiger partial charge on any atom is -0.349 e. The van der Waals surface area contributed by atoms with E-state index in [4.69, 9.17) is 10.1 Å². The summed E-state index contributed by atoms with van der Waals surface area (Å²) in [6.07, 6.45) is 4.67. The summed E-state index contributed by atoms with van der Waals surface area (Å²) >= 11 is 0. The van der Waals surface area contributed by atoms with Crippen molar-refractivity contribution in [1.82, 2.24) is 24.5 Å². The third-order valence-corrected chi connectivity index (χ3v) is 7.39. The van der Waals surface area contributed by atoms with Gasteiger partial charge in [0, 0.05) is 55.2 Å². The monoisotopic (exact) mass is 476 g/mol. The summed E-state index contributed by atoms with van der Waals surface area (Å²) in [6.45, 7) is 2.99. The number of likely N-dealkylation sites (tertiary alicyclic amines) is 1. The largest absolute Gasteiger partial charge is 0.349 e. The average molecular weight is 477 g/mol. The second-order valence-corrected chi connectivity index (χ2v) is 9.63. The van der Waals surface area contributed by atoms with Crippen molar-refractivity contribution in [1.29, 1.82) is 0 Å². The highest BCUT2D eigenvalue weighted by Crippen LogP contribution is 2.36. The fourth-order valence-corrected chi connectivity index (χ4v) is 5.72. The third kappa shape index (κ3) is 3.63. The molecular formula is C29H25FN6. The first-order valence-electron chi connectivity index (χ1n) is 12.3. The number of benzene rings is 2. The molecule has 5 heterocycles. The van der Waals surface area contributed by atoms with E-state index in [9.17, 15) is 4.39 Å². The number of hydrogen-bond donors (Lipinski definition) is 0. The molecule has 2 aliphatic heterocycles. The Labute approximate surface area is 208 Å². The molecule has 7 rings (SSSR count). The predicted molar refractivity (Wildman–Crippen MR) is 138 cm³/mol. The van der Waals surface area contributed by atoms with E-state index in [-0.39, 0.29) is 5.82 Å². The van der Waals surface area contributed by atoms with Gasteiger partial charge in [-0.05, 0) is 48.4 Å². The Kier molecular flexibility index (Phi) is 5.03. The van der Waals surface area contributed by atoms with Crippen LogP contribution in [0.1, 0.15) is 12.0 Å². The Morgan fingerprint density at radius 2 is 1.69 bits per heavy atom. The van der Waals surface area contributed by atoms with Crippen LogP contribution in [-0.4, -0.2) is 49.7 Å². The van der Waals surface area contributed by atoms with Gasteiger partial charge in [0.25, 0.3) is 0 Å². The summed E-state index contributed by atoms with van der Waals surface area (Å²) in [6, 6.07) is 26.2. The molecule has 0 saturated carbocycles. The predicted octanol–water partition coefficient (Wildman–Crippen LogP) is 5.06. The molecule has 2 saturated heterocycles. The van der Waals surface area contributed by atoms with Crippen LogP contribution in [0.15, 0.2) is 91.3 Å². The van der Waals surface area contributed by atoms with Crippen LogP contribution >= 0.6 is 0 Å². The molecule has 36 heavy (non-hydrogen) atoms. The maximum absolute atomic E-state index is 14.1. The van der Waals surface area contributed by atoms with E-state index in [0.717, 1.165) is 54.3 Å². The number of imidazole rings is 1. The molecule has 2 bridgehead atoms. The summed E-state index contributed by atoms with van der Waals surface area (Å²) in [5, 5.41) is 5.08. The van der Waals surface area contributed by atoms with Gasteiger partial charge in [-0.2, -0.15) is 0 Å². The van der Waals surface area contributed by atoms with Crippen molar-refractivity contribution in [3.05, 3.63) is 103 Å². The van der Waals surface area contributed by atoms with Gasteiger partial charge in [0.1, 0.15) is 17.3 Å². The number of halogens is 1. The lowest BCUT2D eigenvalue weighted by Gasteiger charge is -2.34. The molecule has 2 atom stereocenters. The zero-order valence-corrected chi connectivity index (χ0v) is 19.7. The Morgan fingerprint density at radius 1 is 0.833 bits per heavy atom. The molecule has 2 fully saturated rings. The van der Waals surface area contributed by atoms with E-state index in [1.54, 1.807) is 18.5 Å². The lowest BCUT2D eigenvalue weighted by Crippen LogP contribution is -2.46. The molecule has 6 nitrogen and oxygen atoms in total.